The number of hydrogen-bond acceptors (Lipinski definition) is 4. The van der Waals surface area contributed by atoms with Crippen LogP contribution in [0.5, 0.6) is 0 Å². The normalized spacial score (nSPS) is 18.1. The lowest BCUT2D eigenvalue weighted by atomic mass is 9.87. The topological polar surface area (TPSA) is 70.8 Å². The van der Waals surface area contributed by atoms with Crippen LogP contribution in [0.25, 0.3) is 16.5 Å². The second kappa shape index (κ2) is 8.03. The summed E-state index contributed by atoms with van der Waals surface area (Å²) in [6.07, 6.45) is 1.50. The first kappa shape index (κ1) is 21.7. The van der Waals surface area contributed by atoms with Crippen molar-refractivity contribution in [1.29, 1.82) is 0 Å². The maximum atomic E-state index is 13.3. The monoisotopic (exact) mass is 451 g/mol. The summed E-state index contributed by atoms with van der Waals surface area (Å²) < 4.78 is 5.66. The summed E-state index contributed by atoms with van der Waals surface area (Å²) in [6.45, 7) is 6.34. The third kappa shape index (κ3) is 3.50. The van der Waals surface area contributed by atoms with E-state index >= 15 is 0 Å². The SMILES string of the molecule is CC(C)(C)c1ccc(N2C(=O)C(=O)/C(=C(\O)c3cccc4ccccc34)C2c2ccco2)cc1. The van der Waals surface area contributed by atoms with Crippen molar-refractivity contribution in [3.63, 3.8) is 0 Å². The molecule has 4 aromatic rings. The highest BCUT2D eigenvalue weighted by molar-refractivity contribution is 6.51. The molecule has 0 bridgehead atoms. The average Bonchev–Trinajstić information content (AvgIpc) is 3.45. The van der Waals surface area contributed by atoms with Gasteiger partial charge in [0.1, 0.15) is 17.6 Å². The Bertz CT molecular complexity index is 1420. The summed E-state index contributed by atoms with van der Waals surface area (Å²) in [6, 6.07) is 23.2. The van der Waals surface area contributed by atoms with E-state index in [1.165, 1.54) is 11.2 Å². The first-order chi connectivity index (χ1) is 16.3. The van der Waals surface area contributed by atoms with Crippen molar-refractivity contribution in [1.82, 2.24) is 0 Å². The van der Waals surface area contributed by atoms with Gasteiger partial charge in [-0.1, -0.05) is 75.4 Å². The molecule has 0 aliphatic carbocycles. The van der Waals surface area contributed by atoms with Crippen LogP contribution < -0.4 is 4.90 Å². The van der Waals surface area contributed by atoms with Crippen molar-refractivity contribution in [2.75, 3.05) is 4.90 Å². The van der Waals surface area contributed by atoms with Crippen molar-refractivity contribution in [3.8, 4) is 0 Å². The molecule has 5 nitrogen and oxygen atoms in total. The Morgan fingerprint density at radius 1 is 0.882 bits per heavy atom. The van der Waals surface area contributed by atoms with Gasteiger partial charge in [-0.15, -0.1) is 0 Å². The highest BCUT2D eigenvalue weighted by Crippen LogP contribution is 2.43. The Morgan fingerprint density at radius 3 is 2.26 bits per heavy atom. The lowest BCUT2D eigenvalue weighted by Gasteiger charge is -2.25. The van der Waals surface area contributed by atoms with E-state index in [0.717, 1.165) is 16.3 Å². The average molecular weight is 452 g/mol. The van der Waals surface area contributed by atoms with Gasteiger partial charge in [-0.25, -0.2) is 0 Å². The number of hydrogen-bond donors (Lipinski definition) is 1. The van der Waals surface area contributed by atoms with E-state index in [2.05, 4.69) is 20.8 Å². The molecule has 1 atom stereocenters. The van der Waals surface area contributed by atoms with Crippen molar-refractivity contribution in [3.05, 3.63) is 108 Å². The smallest absolute Gasteiger partial charge is 0.300 e. The standard InChI is InChI=1S/C29H25NO4/c1-29(2,3)19-13-15-20(16-14-19)30-25(23-12-7-17-34-23)24(27(32)28(30)33)26(31)22-11-6-9-18-8-4-5-10-21(18)22/h4-17,25,31H,1-3H3/b26-24-. The van der Waals surface area contributed by atoms with Crippen molar-refractivity contribution in [2.45, 2.75) is 32.2 Å². The summed E-state index contributed by atoms with van der Waals surface area (Å²) in [5.74, 6) is -1.26. The number of fused-ring (bicyclic) bond motifs is 1. The third-order valence-corrected chi connectivity index (χ3v) is 6.31. The number of benzene rings is 3. The molecule has 0 spiro atoms. The second-order valence-corrected chi connectivity index (χ2v) is 9.51. The zero-order chi connectivity index (χ0) is 24.0. The van der Waals surface area contributed by atoms with Gasteiger partial charge in [0.15, 0.2) is 0 Å². The molecule has 34 heavy (non-hydrogen) atoms. The van der Waals surface area contributed by atoms with Gasteiger partial charge in [0.2, 0.25) is 0 Å². The summed E-state index contributed by atoms with van der Waals surface area (Å²) in [5, 5.41) is 13.1. The van der Waals surface area contributed by atoms with E-state index in [-0.39, 0.29) is 16.7 Å². The summed E-state index contributed by atoms with van der Waals surface area (Å²) >= 11 is 0. The molecule has 5 heteroatoms. The molecule has 1 aliphatic heterocycles. The Balaban J connectivity index is 1.70. The summed E-state index contributed by atoms with van der Waals surface area (Å²) in [4.78, 5) is 28.0. The molecule has 2 heterocycles. The van der Waals surface area contributed by atoms with Gasteiger partial charge >= 0.3 is 0 Å². The van der Waals surface area contributed by atoms with E-state index in [4.69, 9.17) is 4.42 Å². The molecule has 170 valence electrons. The first-order valence-electron chi connectivity index (χ1n) is 11.2. The first-order valence-corrected chi connectivity index (χ1v) is 11.2. The molecule has 1 unspecified atom stereocenters. The van der Waals surface area contributed by atoms with Crippen LogP contribution in [0.4, 0.5) is 5.69 Å². The van der Waals surface area contributed by atoms with Gasteiger partial charge in [0.05, 0.1) is 11.8 Å². The van der Waals surface area contributed by atoms with Crippen LogP contribution in [0.3, 0.4) is 0 Å². The second-order valence-electron chi connectivity index (χ2n) is 9.51. The highest BCUT2D eigenvalue weighted by Gasteiger charge is 2.48. The minimum atomic E-state index is -0.880. The van der Waals surface area contributed by atoms with E-state index in [1.807, 2.05) is 60.7 Å². The lowest BCUT2D eigenvalue weighted by molar-refractivity contribution is -0.132. The Hall–Kier alpha value is -4.12. The number of Topliss-reactive ketones (excluding diaryl/α,β-unsaturated/α-hetero) is 1. The number of carbonyl (C=O) groups is 2. The number of amides is 1. The number of aliphatic hydroxyl groups is 1. The maximum Gasteiger partial charge on any atom is 0.300 e. The third-order valence-electron chi connectivity index (χ3n) is 6.31. The van der Waals surface area contributed by atoms with Crippen LogP contribution in [0.1, 0.15) is 43.7 Å². The number of furan rings is 1. The van der Waals surface area contributed by atoms with Crippen LogP contribution in [0.15, 0.2) is 95.1 Å². The number of carbonyl (C=O) groups excluding carboxylic acids is 2. The Kier molecular flexibility index (Phi) is 5.13. The predicted octanol–water partition coefficient (Wildman–Crippen LogP) is 6.36. The van der Waals surface area contributed by atoms with Gasteiger partial charge < -0.3 is 9.52 Å². The van der Waals surface area contributed by atoms with Crippen LogP contribution in [0, 0.1) is 0 Å². The zero-order valence-electron chi connectivity index (χ0n) is 19.3. The van der Waals surface area contributed by atoms with E-state index in [9.17, 15) is 14.7 Å². The molecule has 1 N–H and O–H groups in total. The molecule has 5 rings (SSSR count). The fourth-order valence-electron chi connectivity index (χ4n) is 4.51. The predicted molar refractivity (Wildman–Crippen MR) is 133 cm³/mol. The highest BCUT2D eigenvalue weighted by atomic mass is 16.3. The lowest BCUT2D eigenvalue weighted by Crippen LogP contribution is -2.29. The maximum absolute atomic E-state index is 13.3. The fourth-order valence-corrected chi connectivity index (χ4v) is 4.51. The van der Waals surface area contributed by atoms with E-state index in [0.29, 0.717) is 17.0 Å². The number of rotatable bonds is 3. The van der Waals surface area contributed by atoms with Crippen LogP contribution in [0.2, 0.25) is 0 Å². The molecule has 1 aliphatic rings. The molecule has 0 saturated carbocycles. The molecule has 1 saturated heterocycles. The van der Waals surface area contributed by atoms with Crippen molar-refractivity contribution in [2.24, 2.45) is 0 Å². The summed E-state index contributed by atoms with van der Waals surface area (Å²) in [5.41, 5.74) is 2.13. The Morgan fingerprint density at radius 2 is 1.59 bits per heavy atom. The molecular formula is C29H25NO4. The molecule has 1 fully saturated rings. The van der Waals surface area contributed by atoms with Gasteiger partial charge in [-0.3, -0.25) is 14.5 Å². The minimum absolute atomic E-state index is 0.0104. The minimum Gasteiger partial charge on any atom is -0.507 e. The summed E-state index contributed by atoms with van der Waals surface area (Å²) in [7, 11) is 0. The molecule has 1 aromatic heterocycles. The number of nitrogens with zero attached hydrogens (tertiary/aromatic N) is 1. The molecule has 3 aromatic carbocycles. The molecular weight excluding hydrogens is 426 g/mol. The van der Waals surface area contributed by atoms with Crippen LogP contribution >= 0.6 is 0 Å². The van der Waals surface area contributed by atoms with Gasteiger partial charge in [0.25, 0.3) is 11.7 Å². The number of aliphatic hydroxyl groups excluding tert-OH is 1. The van der Waals surface area contributed by atoms with Gasteiger partial charge in [0, 0.05) is 11.3 Å². The fraction of sp³-hybridized carbons (Fsp3) is 0.172. The number of ketones is 1. The van der Waals surface area contributed by atoms with Crippen molar-refractivity contribution < 1.29 is 19.1 Å². The molecule has 1 amide bonds. The van der Waals surface area contributed by atoms with Crippen LogP contribution in [-0.2, 0) is 15.0 Å². The quantitative estimate of drug-likeness (QED) is 0.224. The van der Waals surface area contributed by atoms with Crippen molar-refractivity contribution >= 4 is 33.9 Å². The molecule has 0 radical (unpaired) electrons. The van der Waals surface area contributed by atoms with E-state index < -0.39 is 17.7 Å². The van der Waals surface area contributed by atoms with E-state index in [1.54, 1.807) is 18.2 Å². The zero-order valence-corrected chi connectivity index (χ0v) is 19.3. The van der Waals surface area contributed by atoms with Gasteiger partial charge in [-0.2, -0.15) is 0 Å². The number of anilines is 1. The van der Waals surface area contributed by atoms with Gasteiger partial charge in [-0.05, 0) is 46.0 Å². The van der Waals surface area contributed by atoms with Crippen LogP contribution in [-0.4, -0.2) is 16.8 Å². The Labute approximate surface area is 197 Å². The largest absolute Gasteiger partial charge is 0.507 e.